The van der Waals surface area contributed by atoms with E-state index in [1.165, 1.54) is 0 Å². The summed E-state index contributed by atoms with van der Waals surface area (Å²) < 4.78 is 5.22. The van der Waals surface area contributed by atoms with E-state index in [9.17, 15) is 4.79 Å². The Hall–Kier alpha value is -2.72. The molecule has 0 fully saturated rings. The number of halogens is 1. The van der Waals surface area contributed by atoms with Crippen molar-refractivity contribution in [3.63, 3.8) is 0 Å². The Morgan fingerprint density at radius 3 is 2.32 bits per heavy atom. The number of aromatic nitrogens is 1. The van der Waals surface area contributed by atoms with E-state index in [0.717, 1.165) is 17.0 Å². The van der Waals surface area contributed by atoms with E-state index in [1.807, 2.05) is 49.5 Å². The average Bonchev–Trinajstić information content (AvgIpc) is 3.18. The van der Waals surface area contributed by atoms with Crippen molar-refractivity contribution in [3.05, 3.63) is 83.1 Å². The van der Waals surface area contributed by atoms with Gasteiger partial charge in [0.25, 0.3) is 0 Å². The minimum absolute atomic E-state index is 0.137. The van der Waals surface area contributed by atoms with Gasteiger partial charge in [0.05, 0.1) is 7.11 Å². The normalized spacial score (nSPS) is 13.1. The first kappa shape index (κ1) is 17.1. The van der Waals surface area contributed by atoms with Crippen molar-refractivity contribution in [2.75, 3.05) is 12.4 Å². The summed E-state index contributed by atoms with van der Waals surface area (Å²) in [6, 6.07) is 18.4. The predicted octanol–water partition coefficient (Wildman–Crippen LogP) is 4.62. The minimum Gasteiger partial charge on any atom is -0.497 e. The van der Waals surface area contributed by atoms with Crippen molar-refractivity contribution in [3.8, 4) is 5.75 Å². The molecule has 0 radical (unpaired) electrons. The number of carbonyl (C=O) groups excluding carboxylic acids is 1. The number of anilines is 1. The summed E-state index contributed by atoms with van der Waals surface area (Å²) in [6.45, 7) is 1.89. The van der Waals surface area contributed by atoms with Gasteiger partial charge in [0.2, 0.25) is 5.91 Å². The van der Waals surface area contributed by atoms with E-state index in [-0.39, 0.29) is 5.91 Å². The third-order valence-electron chi connectivity index (χ3n) is 4.36. The molecule has 1 unspecified atom stereocenters. The fourth-order valence-electron chi connectivity index (χ4n) is 2.76. The first-order valence-corrected chi connectivity index (χ1v) is 8.27. The van der Waals surface area contributed by atoms with Crippen LogP contribution in [-0.2, 0) is 10.2 Å². The number of benzene rings is 2. The number of ether oxygens (including phenoxy) is 1. The summed E-state index contributed by atoms with van der Waals surface area (Å²) in [5.74, 6) is 0.609. The van der Waals surface area contributed by atoms with Crippen LogP contribution in [0.4, 0.5) is 5.69 Å². The van der Waals surface area contributed by atoms with Crippen molar-refractivity contribution >= 4 is 23.2 Å². The zero-order chi connectivity index (χ0) is 17.9. The molecular weight excluding hydrogens is 336 g/mol. The molecule has 2 aromatic carbocycles. The molecular formula is C20H19ClN2O2. The summed E-state index contributed by atoms with van der Waals surface area (Å²) in [5.41, 5.74) is 1.49. The number of hydrogen-bond acceptors (Lipinski definition) is 2. The molecule has 0 aliphatic carbocycles. The monoisotopic (exact) mass is 354 g/mol. The topological polar surface area (TPSA) is 54.1 Å². The second-order valence-electron chi connectivity index (χ2n) is 5.90. The average molecular weight is 355 g/mol. The zero-order valence-corrected chi connectivity index (χ0v) is 14.8. The van der Waals surface area contributed by atoms with Gasteiger partial charge >= 0.3 is 0 Å². The van der Waals surface area contributed by atoms with Crippen molar-refractivity contribution in [1.82, 2.24) is 4.98 Å². The van der Waals surface area contributed by atoms with Crippen LogP contribution in [-0.4, -0.2) is 18.0 Å². The lowest BCUT2D eigenvalue weighted by molar-refractivity contribution is -0.119. The maximum atomic E-state index is 13.2. The number of amides is 1. The SMILES string of the molecule is COc1ccc(C(C)(C(=O)Nc2ccc(Cl)cc2)c2ccc[nH]2)cc1. The van der Waals surface area contributed by atoms with E-state index in [2.05, 4.69) is 10.3 Å². The summed E-state index contributed by atoms with van der Waals surface area (Å²) in [5, 5.41) is 3.60. The van der Waals surface area contributed by atoms with Gasteiger partial charge < -0.3 is 15.0 Å². The number of rotatable bonds is 5. The highest BCUT2D eigenvalue weighted by molar-refractivity contribution is 6.30. The molecule has 25 heavy (non-hydrogen) atoms. The summed E-state index contributed by atoms with van der Waals surface area (Å²) in [6.07, 6.45) is 1.81. The molecule has 1 aromatic heterocycles. The highest BCUT2D eigenvalue weighted by Gasteiger charge is 2.38. The van der Waals surface area contributed by atoms with Crippen molar-refractivity contribution in [1.29, 1.82) is 0 Å². The van der Waals surface area contributed by atoms with E-state index < -0.39 is 5.41 Å². The van der Waals surface area contributed by atoms with E-state index >= 15 is 0 Å². The molecule has 0 saturated heterocycles. The molecule has 0 spiro atoms. The zero-order valence-electron chi connectivity index (χ0n) is 14.0. The van der Waals surface area contributed by atoms with Gasteiger partial charge in [-0.15, -0.1) is 0 Å². The minimum atomic E-state index is -0.880. The number of aromatic amines is 1. The molecule has 4 nitrogen and oxygen atoms in total. The molecule has 3 aromatic rings. The third kappa shape index (κ3) is 3.39. The molecule has 1 amide bonds. The highest BCUT2D eigenvalue weighted by atomic mass is 35.5. The second kappa shape index (κ2) is 7.03. The van der Waals surface area contributed by atoms with Crippen LogP contribution >= 0.6 is 11.6 Å². The van der Waals surface area contributed by atoms with Crippen LogP contribution in [0, 0.1) is 0 Å². The maximum Gasteiger partial charge on any atom is 0.240 e. The van der Waals surface area contributed by atoms with Crippen LogP contribution in [0.5, 0.6) is 5.75 Å². The number of methoxy groups -OCH3 is 1. The van der Waals surface area contributed by atoms with Gasteiger partial charge in [-0.1, -0.05) is 23.7 Å². The fourth-order valence-corrected chi connectivity index (χ4v) is 2.89. The Bertz CT molecular complexity index is 842. The van der Waals surface area contributed by atoms with Crippen molar-refractivity contribution in [2.24, 2.45) is 0 Å². The number of carbonyl (C=O) groups is 1. The predicted molar refractivity (Wildman–Crippen MR) is 100 cm³/mol. The second-order valence-corrected chi connectivity index (χ2v) is 6.33. The third-order valence-corrected chi connectivity index (χ3v) is 4.61. The fraction of sp³-hybridized carbons (Fsp3) is 0.150. The van der Waals surface area contributed by atoms with Gasteiger partial charge in [0.1, 0.15) is 11.2 Å². The van der Waals surface area contributed by atoms with Crippen LogP contribution in [0.15, 0.2) is 66.9 Å². The highest BCUT2D eigenvalue weighted by Crippen LogP contribution is 2.33. The smallest absolute Gasteiger partial charge is 0.240 e. The molecule has 0 bridgehead atoms. The number of nitrogens with one attached hydrogen (secondary N) is 2. The van der Waals surface area contributed by atoms with Gasteiger partial charge in [-0.25, -0.2) is 0 Å². The molecule has 0 saturated carbocycles. The molecule has 2 N–H and O–H groups in total. The number of H-pyrrole nitrogens is 1. The Morgan fingerprint density at radius 1 is 1.08 bits per heavy atom. The van der Waals surface area contributed by atoms with E-state index in [1.54, 1.807) is 31.4 Å². The molecule has 0 aliphatic heterocycles. The molecule has 1 heterocycles. The lowest BCUT2D eigenvalue weighted by atomic mass is 9.78. The van der Waals surface area contributed by atoms with Crippen LogP contribution in [0.3, 0.4) is 0 Å². The summed E-state index contributed by atoms with van der Waals surface area (Å²) in [7, 11) is 1.62. The molecule has 1 atom stereocenters. The largest absolute Gasteiger partial charge is 0.497 e. The Balaban J connectivity index is 1.98. The van der Waals surface area contributed by atoms with Crippen LogP contribution < -0.4 is 10.1 Å². The lowest BCUT2D eigenvalue weighted by Crippen LogP contribution is -2.39. The van der Waals surface area contributed by atoms with Gasteiger partial charge in [0, 0.05) is 22.6 Å². The van der Waals surface area contributed by atoms with E-state index in [4.69, 9.17) is 16.3 Å². The van der Waals surface area contributed by atoms with E-state index in [0.29, 0.717) is 10.7 Å². The van der Waals surface area contributed by atoms with Gasteiger partial charge in [-0.05, 0) is 61.0 Å². The standard InChI is InChI=1S/C20H19ClN2O2/c1-20(18-4-3-13-22-18,14-5-11-17(25-2)12-6-14)19(24)23-16-9-7-15(21)8-10-16/h3-13,22H,1-2H3,(H,23,24). The molecule has 128 valence electrons. The summed E-state index contributed by atoms with van der Waals surface area (Å²) >= 11 is 5.91. The Kier molecular flexibility index (Phi) is 4.81. The lowest BCUT2D eigenvalue weighted by Gasteiger charge is -2.28. The van der Waals surface area contributed by atoms with Crippen LogP contribution in [0.25, 0.3) is 0 Å². The first-order chi connectivity index (χ1) is 12.0. The molecule has 5 heteroatoms. The van der Waals surface area contributed by atoms with Crippen LogP contribution in [0.2, 0.25) is 5.02 Å². The maximum absolute atomic E-state index is 13.2. The van der Waals surface area contributed by atoms with Gasteiger partial charge in [-0.2, -0.15) is 0 Å². The van der Waals surface area contributed by atoms with Crippen LogP contribution in [0.1, 0.15) is 18.2 Å². The first-order valence-electron chi connectivity index (χ1n) is 7.89. The van der Waals surface area contributed by atoms with Crippen molar-refractivity contribution < 1.29 is 9.53 Å². The quantitative estimate of drug-likeness (QED) is 0.702. The summed E-state index contributed by atoms with van der Waals surface area (Å²) in [4.78, 5) is 16.3. The Labute approximate surface area is 151 Å². The number of hydrogen-bond donors (Lipinski definition) is 2. The molecule has 3 rings (SSSR count). The Morgan fingerprint density at radius 2 is 1.76 bits per heavy atom. The molecule has 0 aliphatic rings. The van der Waals surface area contributed by atoms with Crippen molar-refractivity contribution in [2.45, 2.75) is 12.3 Å². The van der Waals surface area contributed by atoms with Gasteiger partial charge in [0.15, 0.2) is 0 Å². The van der Waals surface area contributed by atoms with Gasteiger partial charge in [-0.3, -0.25) is 4.79 Å².